The third kappa shape index (κ3) is 0.713. The van der Waals surface area contributed by atoms with Gasteiger partial charge in [-0.25, -0.2) is 0 Å². The quantitative estimate of drug-likeness (QED) is 0.543. The molecule has 0 aromatic carbocycles. The molecule has 1 aliphatic heterocycles. The summed E-state index contributed by atoms with van der Waals surface area (Å²) in [5, 5.41) is 0. The molecule has 0 amide bonds. The van der Waals surface area contributed by atoms with Crippen LogP contribution in [0.2, 0.25) is 0 Å². The largest absolute Gasteiger partial charge is 0.454 e. The minimum absolute atomic E-state index is 0.00826. The number of fused-ring (bicyclic) bond motifs is 1. The van der Waals surface area contributed by atoms with Crippen LogP contribution in [0.1, 0.15) is 20.8 Å². The minimum Gasteiger partial charge on any atom is -0.454 e. The van der Waals surface area contributed by atoms with Crippen molar-refractivity contribution < 1.29 is 14.3 Å². The average Bonchev–Trinajstić information content (AvgIpc) is 2.37. The van der Waals surface area contributed by atoms with Gasteiger partial charge in [0.15, 0.2) is 11.9 Å². The number of rotatable bonds is 1. The van der Waals surface area contributed by atoms with Crippen molar-refractivity contribution in [3.63, 3.8) is 0 Å². The molecule has 0 radical (unpaired) electrons. The fourth-order valence-corrected chi connectivity index (χ4v) is 2.30. The second-order valence-electron chi connectivity index (χ2n) is 4.29. The number of hydrogen-bond donors (Lipinski definition) is 0. The van der Waals surface area contributed by atoms with Gasteiger partial charge in [-0.2, -0.15) is 0 Å². The first-order valence-electron chi connectivity index (χ1n) is 4.17. The Bertz CT molecular complexity index is 267. The van der Waals surface area contributed by atoms with Crippen molar-refractivity contribution in [3.8, 4) is 0 Å². The second-order valence-corrected chi connectivity index (χ2v) is 4.29. The molecule has 0 aromatic heterocycles. The lowest BCUT2D eigenvalue weighted by Gasteiger charge is -2.14. The maximum absolute atomic E-state index is 11.2. The van der Waals surface area contributed by atoms with Gasteiger partial charge in [0.1, 0.15) is 0 Å². The number of ketones is 1. The number of esters is 1. The van der Waals surface area contributed by atoms with Crippen molar-refractivity contribution in [2.45, 2.75) is 26.9 Å². The lowest BCUT2D eigenvalue weighted by Crippen LogP contribution is -2.26. The van der Waals surface area contributed by atoms with E-state index in [0.717, 1.165) is 0 Å². The first-order valence-corrected chi connectivity index (χ1v) is 4.17. The van der Waals surface area contributed by atoms with E-state index < -0.39 is 6.10 Å². The van der Waals surface area contributed by atoms with Crippen LogP contribution < -0.4 is 0 Å². The van der Waals surface area contributed by atoms with Gasteiger partial charge in [-0.15, -0.1) is 0 Å². The molecule has 3 atom stereocenters. The van der Waals surface area contributed by atoms with Gasteiger partial charge in [-0.05, 0) is 12.3 Å². The van der Waals surface area contributed by atoms with Gasteiger partial charge >= 0.3 is 5.97 Å². The van der Waals surface area contributed by atoms with E-state index in [0.29, 0.717) is 0 Å². The fraction of sp³-hybridized carbons (Fsp3) is 0.778. The van der Waals surface area contributed by atoms with Crippen LogP contribution in [-0.4, -0.2) is 17.9 Å². The Morgan fingerprint density at radius 2 is 2.08 bits per heavy atom. The lowest BCUT2D eigenvalue weighted by molar-refractivity contribution is -0.152. The summed E-state index contributed by atoms with van der Waals surface area (Å²) in [5.41, 5.74) is -0.00826. The Morgan fingerprint density at radius 3 is 2.33 bits per heavy atom. The molecule has 0 N–H and O–H groups in total. The Labute approximate surface area is 71.1 Å². The van der Waals surface area contributed by atoms with Crippen LogP contribution in [0.15, 0.2) is 0 Å². The molecule has 2 aliphatic rings. The average molecular weight is 168 g/mol. The van der Waals surface area contributed by atoms with Crippen molar-refractivity contribution in [3.05, 3.63) is 0 Å². The molecule has 0 aromatic rings. The van der Waals surface area contributed by atoms with E-state index in [9.17, 15) is 9.59 Å². The lowest BCUT2D eigenvalue weighted by atomic mass is 10.0. The van der Waals surface area contributed by atoms with Crippen LogP contribution in [0.4, 0.5) is 0 Å². The molecule has 1 saturated carbocycles. The van der Waals surface area contributed by atoms with Crippen molar-refractivity contribution in [1.82, 2.24) is 0 Å². The molecule has 3 nitrogen and oxygen atoms in total. The van der Waals surface area contributed by atoms with Gasteiger partial charge in [0.25, 0.3) is 0 Å². The summed E-state index contributed by atoms with van der Waals surface area (Å²) >= 11 is 0. The zero-order chi connectivity index (χ0) is 9.09. The summed E-state index contributed by atoms with van der Waals surface area (Å²) in [6.07, 6.45) is -0.461. The normalized spacial score (nSPS) is 41.9. The van der Waals surface area contributed by atoms with E-state index in [-0.39, 0.29) is 29.0 Å². The molecule has 3 unspecified atom stereocenters. The molecule has 2 fully saturated rings. The third-order valence-corrected chi connectivity index (χ3v) is 3.13. The zero-order valence-electron chi connectivity index (χ0n) is 7.46. The fourth-order valence-electron chi connectivity index (χ4n) is 2.30. The summed E-state index contributed by atoms with van der Waals surface area (Å²) in [6.45, 7) is 5.51. The Hall–Kier alpha value is -0.860. The van der Waals surface area contributed by atoms with Crippen molar-refractivity contribution in [2.75, 3.05) is 0 Å². The SMILES string of the molecule is CC(=O)C1OC(=O)C2C1C2(C)C. The zero-order valence-corrected chi connectivity index (χ0v) is 7.46. The van der Waals surface area contributed by atoms with Crippen LogP contribution in [-0.2, 0) is 14.3 Å². The summed E-state index contributed by atoms with van der Waals surface area (Å²) in [6, 6.07) is 0. The summed E-state index contributed by atoms with van der Waals surface area (Å²) in [7, 11) is 0. The maximum Gasteiger partial charge on any atom is 0.310 e. The highest BCUT2D eigenvalue weighted by Gasteiger charge is 2.72. The van der Waals surface area contributed by atoms with Crippen molar-refractivity contribution >= 4 is 11.8 Å². The smallest absolute Gasteiger partial charge is 0.310 e. The first-order chi connectivity index (χ1) is 5.46. The molecular formula is C9H12O3. The van der Waals surface area contributed by atoms with Crippen LogP contribution >= 0.6 is 0 Å². The van der Waals surface area contributed by atoms with Gasteiger partial charge < -0.3 is 4.74 Å². The van der Waals surface area contributed by atoms with E-state index in [4.69, 9.17) is 4.74 Å². The third-order valence-electron chi connectivity index (χ3n) is 3.13. The van der Waals surface area contributed by atoms with Crippen LogP contribution in [0.25, 0.3) is 0 Å². The predicted octanol–water partition coefficient (Wildman–Crippen LogP) is 0.773. The van der Waals surface area contributed by atoms with Gasteiger partial charge in [0.2, 0.25) is 0 Å². The van der Waals surface area contributed by atoms with Gasteiger partial charge in [-0.1, -0.05) is 13.8 Å². The standard InChI is InChI=1S/C9H12O3/c1-4(10)7-5-6(8(11)12-7)9(5,2)3/h5-7H,1-3H3. The molecule has 0 spiro atoms. The van der Waals surface area contributed by atoms with E-state index in [1.165, 1.54) is 6.92 Å². The Balaban J connectivity index is 2.25. The molecule has 3 heteroatoms. The number of hydrogen-bond acceptors (Lipinski definition) is 3. The second kappa shape index (κ2) is 1.90. The van der Waals surface area contributed by atoms with E-state index in [2.05, 4.69) is 0 Å². The van der Waals surface area contributed by atoms with Crippen LogP contribution in [0.3, 0.4) is 0 Å². The highest BCUT2D eigenvalue weighted by atomic mass is 16.6. The number of cyclic esters (lactones) is 1. The molecule has 12 heavy (non-hydrogen) atoms. The molecular weight excluding hydrogens is 156 g/mol. The van der Waals surface area contributed by atoms with Crippen LogP contribution in [0, 0.1) is 17.3 Å². The van der Waals surface area contributed by atoms with Crippen molar-refractivity contribution in [2.24, 2.45) is 17.3 Å². The highest BCUT2D eigenvalue weighted by molar-refractivity contribution is 5.91. The van der Waals surface area contributed by atoms with Crippen LogP contribution in [0.5, 0.6) is 0 Å². The molecule has 2 rings (SSSR count). The van der Waals surface area contributed by atoms with Crippen molar-refractivity contribution in [1.29, 1.82) is 0 Å². The summed E-state index contributed by atoms with van der Waals surface area (Å²) < 4.78 is 4.93. The highest BCUT2D eigenvalue weighted by Crippen LogP contribution is 2.64. The van der Waals surface area contributed by atoms with Gasteiger partial charge in [0, 0.05) is 5.92 Å². The topological polar surface area (TPSA) is 43.4 Å². The van der Waals surface area contributed by atoms with E-state index in [1.54, 1.807) is 0 Å². The molecule has 0 bridgehead atoms. The van der Waals surface area contributed by atoms with Gasteiger partial charge in [-0.3, -0.25) is 9.59 Å². The number of ether oxygens (including phenoxy) is 1. The monoisotopic (exact) mass is 168 g/mol. The Kier molecular flexibility index (Phi) is 1.23. The van der Waals surface area contributed by atoms with Gasteiger partial charge in [0.05, 0.1) is 5.92 Å². The maximum atomic E-state index is 11.2. The molecule has 66 valence electrons. The first kappa shape index (κ1) is 7.77. The number of carbonyl (C=O) groups is 2. The number of Topliss-reactive ketones (excluding diaryl/α,β-unsaturated/α-hetero) is 1. The molecule has 1 heterocycles. The van der Waals surface area contributed by atoms with E-state index >= 15 is 0 Å². The summed E-state index contributed by atoms with van der Waals surface area (Å²) in [5.74, 6) is -0.0967. The Morgan fingerprint density at radius 1 is 1.50 bits per heavy atom. The molecule has 1 saturated heterocycles. The summed E-state index contributed by atoms with van der Waals surface area (Å²) in [4.78, 5) is 22.2. The minimum atomic E-state index is -0.461. The van der Waals surface area contributed by atoms with E-state index in [1.807, 2.05) is 13.8 Å². The molecule has 1 aliphatic carbocycles. The number of carbonyl (C=O) groups excluding carboxylic acids is 2. The predicted molar refractivity (Wildman–Crippen MR) is 41.3 cm³/mol.